The molecule has 0 aromatic heterocycles. The molecule has 0 N–H and O–H groups in total. The first-order valence-electron chi connectivity index (χ1n) is 5.69. The normalized spacial score (nSPS) is 11.8. The van der Waals surface area contributed by atoms with E-state index in [1.807, 2.05) is 32.0 Å². The van der Waals surface area contributed by atoms with Crippen LogP contribution in [0.15, 0.2) is 18.2 Å². The Bertz CT molecular complexity index is 448. The second-order valence-electron chi connectivity index (χ2n) is 4.20. The van der Waals surface area contributed by atoms with Gasteiger partial charge in [0.05, 0.1) is 12.8 Å². The Balaban J connectivity index is 3.29. The Labute approximate surface area is 108 Å². The monoisotopic (exact) mass is 248 g/mol. The fraction of sp³-hybridized carbons (Fsp3) is 0.357. The zero-order valence-electron chi connectivity index (χ0n) is 11.2. The average Bonchev–Trinajstić information content (AvgIpc) is 2.31. The number of para-hydroxylation sites is 1. The van der Waals surface area contributed by atoms with Crippen molar-refractivity contribution in [3.8, 4) is 0 Å². The predicted molar refractivity (Wildman–Crippen MR) is 70.2 cm³/mol. The van der Waals surface area contributed by atoms with E-state index in [1.54, 1.807) is 6.92 Å². The fourth-order valence-electron chi connectivity index (χ4n) is 2.00. The SMILES string of the molecule is [CH2]C(=O)N(c1c(C)cccc1C)C(C)C(=O)OC. The van der Waals surface area contributed by atoms with Crippen molar-refractivity contribution in [2.45, 2.75) is 26.8 Å². The molecule has 0 aliphatic carbocycles. The lowest BCUT2D eigenvalue weighted by Crippen LogP contribution is -2.43. The lowest BCUT2D eigenvalue weighted by Gasteiger charge is -2.29. The smallest absolute Gasteiger partial charge is 0.328 e. The van der Waals surface area contributed by atoms with Gasteiger partial charge in [-0.3, -0.25) is 9.69 Å². The summed E-state index contributed by atoms with van der Waals surface area (Å²) in [5, 5.41) is 0. The van der Waals surface area contributed by atoms with Crippen LogP contribution in [-0.4, -0.2) is 25.0 Å². The third kappa shape index (κ3) is 2.70. The second-order valence-corrected chi connectivity index (χ2v) is 4.20. The maximum absolute atomic E-state index is 11.7. The number of hydrogen-bond acceptors (Lipinski definition) is 3. The summed E-state index contributed by atoms with van der Waals surface area (Å²) in [6.45, 7) is 8.82. The molecule has 4 heteroatoms. The van der Waals surface area contributed by atoms with Gasteiger partial charge >= 0.3 is 5.97 Å². The molecule has 18 heavy (non-hydrogen) atoms. The molecule has 1 rings (SSSR count). The van der Waals surface area contributed by atoms with Gasteiger partial charge in [0.25, 0.3) is 0 Å². The van der Waals surface area contributed by atoms with E-state index in [-0.39, 0.29) is 0 Å². The number of anilines is 1. The molecule has 1 aromatic carbocycles. The summed E-state index contributed by atoms with van der Waals surface area (Å²) in [6, 6.07) is 4.99. The summed E-state index contributed by atoms with van der Waals surface area (Å²) >= 11 is 0. The van der Waals surface area contributed by atoms with Crippen LogP contribution in [0.25, 0.3) is 0 Å². The number of carbonyl (C=O) groups is 2. The van der Waals surface area contributed by atoms with Crippen LogP contribution in [-0.2, 0) is 14.3 Å². The molecule has 97 valence electrons. The average molecular weight is 248 g/mol. The third-order valence-electron chi connectivity index (χ3n) is 2.88. The van der Waals surface area contributed by atoms with Crippen molar-refractivity contribution < 1.29 is 14.3 Å². The van der Waals surface area contributed by atoms with Gasteiger partial charge in [-0.15, -0.1) is 0 Å². The van der Waals surface area contributed by atoms with Crippen LogP contribution in [0.2, 0.25) is 0 Å². The first-order valence-corrected chi connectivity index (χ1v) is 5.69. The first-order chi connectivity index (χ1) is 8.40. The Morgan fingerprint density at radius 2 is 1.78 bits per heavy atom. The van der Waals surface area contributed by atoms with Crippen LogP contribution in [0, 0.1) is 20.8 Å². The van der Waals surface area contributed by atoms with Crippen molar-refractivity contribution in [2.24, 2.45) is 0 Å². The summed E-state index contributed by atoms with van der Waals surface area (Å²) in [6.07, 6.45) is 0. The third-order valence-corrected chi connectivity index (χ3v) is 2.88. The zero-order valence-corrected chi connectivity index (χ0v) is 11.2. The standard InChI is InChI=1S/C14H18NO3/c1-9-7-6-8-10(2)13(9)15(12(4)16)11(3)14(17)18-5/h6-8,11H,4H2,1-3,5H3. The molecule has 1 amide bonds. The van der Waals surface area contributed by atoms with Crippen LogP contribution in [0.1, 0.15) is 18.1 Å². The van der Waals surface area contributed by atoms with Crippen LogP contribution >= 0.6 is 0 Å². The van der Waals surface area contributed by atoms with Crippen molar-refractivity contribution >= 4 is 17.6 Å². The van der Waals surface area contributed by atoms with E-state index in [4.69, 9.17) is 0 Å². The summed E-state index contributed by atoms with van der Waals surface area (Å²) in [5.41, 5.74) is 2.56. The number of nitrogens with zero attached hydrogens (tertiary/aromatic N) is 1. The molecule has 1 atom stereocenters. The van der Waals surface area contributed by atoms with Crippen LogP contribution < -0.4 is 4.90 Å². The van der Waals surface area contributed by atoms with Gasteiger partial charge in [0, 0.05) is 6.92 Å². The lowest BCUT2D eigenvalue weighted by molar-refractivity contribution is -0.142. The van der Waals surface area contributed by atoms with Crippen molar-refractivity contribution in [1.29, 1.82) is 0 Å². The van der Waals surface area contributed by atoms with Crippen LogP contribution in [0.3, 0.4) is 0 Å². The Morgan fingerprint density at radius 3 is 2.17 bits per heavy atom. The molecule has 1 unspecified atom stereocenters. The first kappa shape index (κ1) is 14.2. The van der Waals surface area contributed by atoms with Gasteiger partial charge < -0.3 is 4.74 Å². The maximum Gasteiger partial charge on any atom is 0.328 e. The highest BCUT2D eigenvalue weighted by atomic mass is 16.5. The van der Waals surface area contributed by atoms with Gasteiger partial charge in [-0.05, 0) is 31.9 Å². The van der Waals surface area contributed by atoms with Crippen molar-refractivity contribution in [1.82, 2.24) is 0 Å². The number of amides is 1. The summed E-state index contributed by atoms with van der Waals surface area (Å²) in [7, 11) is 1.30. The van der Waals surface area contributed by atoms with Gasteiger partial charge in [0.15, 0.2) is 0 Å². The molecule has 0 fully saturated rings. The number of hydrogen-bond donors (Lipinski definition) is 0. The molecule has 1 radical (unpaired) electrons. The molecular formula is C14H18NO3. The summed E-state index contributed by atoms with van der Waals surface area (Å²) < 4.78 is 4.68. The van der Waals surface area contributed by atoms with Crippen molar-refractivity contribution in [3.63, 3.8) is 0 Å². The minimum Gasteiger partial charge on any atom is -0.467 e. The maximum atomic E-state index is 11.7. The molecule has 0 saturated heterocycles. The van der Waals surface area contributed by atoms with Gasteiger partial charge in [0.1, 0.15) is 6.04 Å². The molecular weight excluding hydrogens is 230 g/mol. The van der Waals surface area contributed by atoms with E-state index in [0.29, 0.717) is 0 Å². The number of carbonyl (C=O) groups excluding carboxylic acids is 2. The van der Waals surface area contributed by atoms with E-state index >= 15 is 0 Å². The highest BCUT2D eigenvalue weighted by Gasteiger charge is 2.27. The number of esters is 1. The molecule has 0 aliphatic rings. The minimum atomic E-state index is -0.695. The minimum absolute atomic E-state index is 0.426. The summed E-state index contributed by atoms with van der Waals surface area (Å²) in [5.74, 6) is -0.889. The number of rotatable bonds is 3. The number of aryl methyl sites for hydroxylation is 2. The Kier molecular flexibility index (Phi) is 4.48. The molecule has 0 heterocycles. The molecule has 0 spiro atoms. The van der Waals surface area contributed by atoms with E-state index in [1.165, 1.54) is 12.0 Å². The van der Waals surface area contributed by atoms with Crippen LogP contribution in [0.4, 0.5) is 5.69 Å². The lowest BCUT2D eigenvalue weighted by atomic mass is 10.1. The van der Waals surface area contributed by atoms with Gasteiger partial charge in [-0.1, -0.05) is 18.2 Å². The molecule has 0 saturated carbocycles. The van der Waals surface area contributed by atoms with Crippen molar-refractivity contribution in [3.05, 3.63) is 36.2 Å². The second kappa shape index (κ2) is 5.67. The summed E-state index contributed by atoms with van der Waals surface area (Å²) in [4.78, 5) is 24.7. The molecule has 0 bridgehead atoms. The van der Waals surface area contributed by atoms with E-state index in [9.17, 15) is 9.59 Å². The molecule has 1 aromatic rings. The number of benzene rings is 1. The quantitative estimate of drug-likeness (QED) is 0.769. The van der Waals surface area contributed by atoms with Gasteiger partial charge in [0.2, 0.25) is 5.91 Å². The fourth-order valence-corrected chi connectivity index (χ4v) is 2.00. The van der Waals surface area contributed by atoms with Crippen LogP contribution in [0.5, 0.6) is 0 Å². The predicted octanol–water partition coefficient (Wildman–Crippen LogP) is 2.03. The Hall–Kier alpha value is -1.84. The van der Waals surface area contributed by atoms with E-state index in [2.05, 4.69) is 11.7 Å². The molecule has 0 aliphatic heterocycles. The van der Waals surface area contributed by atoms with Gasteiger partial charge in [-0.25, -0.2) is 4.79 Å². The zero-order chi connectivity index (χ0) is 13.9. The number of methoxy groups -OCH3 is 1. The van der Waals surface area contributed by atoms with Crippen molar-refractivity contribution in [2.75, 3.05) is 12.0 Å². The Morgan fingerprint density at radius 1 is 1.28 bits per heavy atom. The highest BCUT2D eigenvalue weighted by molar-refractivity contribution is 6.02. The topological polar surface area (TPSA) is 46.6 Å². The van der Waals surface area contributed by atoms with E-state index in [0.717, 1.165) is 16.8 Å². The number of ether oxygens (including phenoxy) is 1. The largest absolute Gasteiger partial charge is 0.467 e. The van der Waals surface area contributed by atoms with Gasteiger partial charge in [-0.2, -0.15) is 0 Å². The highest BCUT2D eigenvalue weighted by Crippen LogP contribution is 2.26. The van der Waals surface area contributed by atoms with E-state index < -0.39 is 17.9 Å². The molecule has 4 nitrogen and oxygen atoms in total.